The molecule has 148 valence electrons. The van der Waals surface area contributed by atoms with Crippen LogP contribution in [-0.2, 0) is 28.9 Å². The Morgan fingerprint density at radius 2 is 1.41 bits per heavy atom. The predicted molar refractivity (Wildman–Crippen MR) is 81.9 cm³/mol. The van der Waals surface area contributed by atoms with Crippen LogP contribution in [0.5, 0.6) is 0 Å². The second kappa shape index (κ2) is 7.28. The summed E-state index contributed by atoms with van der Waals surface area (Å²) in [5, 5.41) is -0.329. The number of sulfonamides is 1. The van der Waals surface area contributed by atoms with E-state index in [9.17, 15) is 39.2 Å². The molecule has 0 amide bonds. The Morgan fingerprint density at radius 1 is 0.889 bits per heavy atom. The van der Waals surface area contributed by atoms with Crippen LogP contribution < -0.4 is 4.72 Å². The summed E-state index contributed by atoms with van der Waals surface area (Å²) < 4.78 is 116. The number of hydrogen-bond acceptors (Lipinski definition) is 2. The van der Waals surface area contributed by atoms with Gasteiger partial charge in [-0.15, -0.1) is 0 Å². The Kier molecular flexibility index (Phi) is 5.79. The maximum absolute atomic E-state index is 13.1. The smallest absolute Gasteiger partial charge is 0.207 e. The van der Waals surface area contributed by atoms with Gasteiger partial charge >= 0.3 is 12.4 Å². The summed E-state index contributed by atoms with van der Waals surface area (Å²) in [5.41, 5.74) is -3.38. The first kappa shape index (κ1) is 21.5. The van der Waals surface area contributed by atoms with Crippen molar-refractivity contribution in [2.24, 2.45) is 0 Å². The van der Waals surface area contributed by atoms with Crippen LogP contribution in [-0.4, -0.2) is 8.42 Å². The van der Waals surface area contributed by atoms with E-state index < -0.39 is 50.8 Å². The molecule has 3 nitrogen and oxygen atoms in total. The molecule has 2 aromatic rings. The van der Waals surface area contributed by atoms with Crippen LogP contribution in [0.4, 0.5) is 30.7 Å². The molecule has 0 fully saturated rings. The molecule has 0 spiro atoms. The lowest BCUT2D eigenvalue weighted by atomic mass is 10.1. The van der Waals surface area contributed by atoms with E-state index in [0.29, 0.717) is 0 Å². The average molecular weight is 436 g/mol. The molecule has 2 rings (SSSR count). The minimum Gasteiger partial charge on any atom is -0.207 e. The van der Waals surface area contributed by atoms with E-state index in [2.05, 4.69) is 0 Å². The fraction of sp³-hybridized carbons (Fsp3) is 0.200. The van der Waals surface area contributed by atoms with Gasteiger partial charge in [-0.1, -0.05) is 17.7 Å². The van der Waals surface area contributed by atoms with Crippen LogP contribution in [0.2, 0.25) is 5.02 Å². The number of rotatable bonds is 4. The SMILES string of the molecule is O=S(=O)(NCc1ccc(F)c(Cl)c1)c1cc(C(F)(F)F)cc(C(F)(F)F)c1. The van der Waals surface area contributed by atoms with Gasteiger partial charge in [-0.05, 0) is 35.9 Å². The van der Waals surface area contributed by atoms with Crippen LogP contribution in [0.1, 0.15) is 16.7 Å². The van der Waals surface area contributed by atoms with E-state index in [-0.39, 0.29) is 28.8 Å². The lowest BCUT2D eigenvalue weighted by Gasteiger charge is -2.15. The molecule has 0 atom stereocenters. The van der Waals surface area contributed by atoms with Crippen molar-refractivity contribution in [2.75, 3.05) is 0 Å². The van der Waals surface area contributed by atoms with Crippen molar-refractivity contribution < 1.29 is 39.2 Å². The van der Waals surface area contributed by atoms with E-state index >= 15 is 0 Å². The zero-order valence-electron chi connectivity index (χ0n) is 12.9. The van der Waals surface area contributed by atoms with Crippen molar-refractivity contribution in [2.45, 2.75) is 23.8 Å². The lowest BCUT2D eigenvalue weighted by molar-refractivity contribution is -0.143. The van der Waals surface area contributed by atoms with Crippen LogP contribution in [0.3, 0.4) is 0 Å². The van der Waals surface area contributed by atoms with Gasteiger partial charge in [0.25, 0.3) is 0 Å². The van der Waals surface area contributed by atoms with E-state index in [1.807, 2.05) is 4.72 Å². The number of hydrogen-bond donors (Lipinski definition) is 1. The van der Waals surface area contributed by atoms with Gasteiger partial charge in [0.1, 0.15) is 5.82 Å². The van der Waals surface area contributed by atoms with E-state index in [0.717, 1.165) is 18.2 Å². The average Bonchev–Trinajstić information content (AvgIpc) is 2.54. The highest BCUT2D eigenvalue weighted by Gasteiger charge is 2.38. The van der Waals surface area contributed by atoms with Gasteiger partial charge in [0.15, 0.2) is 0 Å². The maximum atomic E-state index is 13.1. The van der Waals surface area contributed by atoms with Crippen LogP contribution in [0.25, 0.3) is 0 Å². The standard InChI is InChI=1S/C15H9ClF7NO2S/c16-12-3-8(1-2-13(12)17)7-24-27(25,26)11-5-9(14(18,19)20)4-10(6-11)15(21,22)23/h1-6,24H,7H2. The Balaban J connectivity index is 2.40. The van der Waals surface area contributed by atoms with Gasteiger partial charge in [0.05, 0.1) is 21.0 Å². The summed E-state index contributed by atoms with van der Waals surface area (Å²) >= 11 is 5.52. The van der Waals surface area contributed by atoms with Gasteiger partial charge in [0, 0.05) is 6.54 Å². The number of halogens is 8. The summed E-state index contributed by atoms with van der Waals surface area (Å²) in [4.78, 5) is -1.21. The minimum absolute atomic E-state index is 0.0925. The van der Waals surface area contributed by atoms with Crippen molar-refractivity contribution in [3.05, 3.63) is 63.9 Å². The largest absolute Gasteiger partial charge is 0.416 e. The monoisotopic (exact) mass is 435 g/mol. The highest BCUT2D eigenvalue weighted by molar-refractivity contribution is 7.89. The zero-order chi connectivity index (χ0) is 20.6. The second-order valence-corrected chi connectivity index (χ2v) is 7.49. The van der Waals surface area contributed by atoms with E-state index in [1.165, 1.54) is 0 Å². The van der Waals surface area contributed by atoms with Gasteiger partial charge in [0.2, 0.25) is 10.0 Å². The highest BCUT2D eigenvalue weighted by Crippen LogP contribution is 2.37. The third kappa shape index (κ3) is 5.33. The first-order valence-electron chi connectivity index (χ1n) is 6.93. The molecule has 12 heteroatoms. The number of benzene rings is 2. The Hall–Kier alpha value is -1.85. The third-order valence-electron chi connectivity index (χ3n) is 3.32. The Labute approximate surface area is 153 Å². The molecule has 0 unspecified atom stereocenters. The molecule has 0 heterocycles. The van der Waals surface area contributed by atoms with E-state index in [4.69, 9.17) is 11.6 Å². The molecular formula is C15H9ClF7NO2S. The highest BCUT2D eigenvalue weighted by atomic mass is 35.5. The van der Waals surface area contributed by atoms with Crippen LogP contribution in [0, 0.1) is 5.82 Å². The molecule has 0 bridgehead atoms. The summed E-state index contributed by atoms with van der Waals surface area (Å²) in [7, 11) is -4.73. The molecule has 0 saturated heterocycles. The second-order valence-electron chi connectivity index (χ2n) is 5.31. The molecule has 27 heavy (non-hydrogen) atoms. The number of alkyl halides is 6. The summed E-state index contributed by atoms with van der Waals surface area (Å²) in [5.74, 6) is -0.782. The molecule has 0 aliphatic carbocycles. The quantitative estimate of drug-likeness (QED) is 0.687. The molecule has 2 aromatic carbocycles. The zero-order valence-corrected chi connectivity index (χ0v) is 14.5. The first-order valence-corrected chi connectivity index (χ1v) is 8.79. The Morgan fingerprint density at radius 3 is 1.85 bits per heavy atom. The minimum atomic E-state index is -5.18. The molecule has 0 aliphatic rings. The van der Waals surface area contributed by atoms with E-state index in [1.54, 1.807) is 0 Å². The van der Waals surface area contributed by atoms with Gasteiger partial charge in [-0.3, -0.25) is 0 Å². The molecule has 1 N–H and O–H groups in total. The van der Waals surface area contributed by atoms with Crippen molar-refractivity contribution in [1.29, 1.82) is 0 Å². The van der Waals surface area contributed by atoms with Crippen molar-refractivity contribution in [1.82, 2.24) is 4.72 Å². The van der Waals surface area contributed by atoms with Crippen LogP contribution in [0.15, 0.2) is 41.3 Å². The topological polar surface area (TPSA) is 46.2 Å². The van der Waals surface area contributed by atoms with Crippen molar-refractivity contribution in [3.63, 3.8) is 0 Å². The van der Waals surface area contributed by atoms with Crippen LogP contribution >= 0.6 is 11.6 Å². The summed E-state index contributed by atoms with van der Waals surface area (Å²) in [6, 6.07) is 3.14. The fourth-order valence-corrected chi connectivity index (χ4v) is 3.28. The first-order chi connectivity index (χ1) is 12.2. The molecule has 0 aromatic heterocycles. The van der Waals surface area contributed by atoms with Gasteiger partial charge in [-0.25, -0.2) is 17.5 Å². The Bertz CT molecular complexity index is 923. The third-order valence-corrected chi connectivity index (χ3v) is 4.99. The predicted octanol–water partition coefficient (Wildman–Crippen LogP) is 5.00. The molecule has 0 saturated carbocycles. The van der Waals surface area contributed by atoms with Crippen molar-refractivity contribution >= 4 is 21.6 Å². The van der Waals surface area contributed by atoms with Gasteiger partial charge < -0.3 is 0 Å². The summed E-state index contributed by atoms with van der Waals surface area (Å²) in [6.45, 7) is -0.528. The molecule has 0 aliphatic heterocycles. The lowest BCUT2D eigenvalue weighted by Crippen LogP contribution is -2.24. The normalized spacial score (nSPS) is 13.0. The van der Waals surface area contributed by atoms with Crippen molar-refractivity contribution in [3.8, 4) is 0 Å². The number of nitrogens with one attached hydrogen (secondary N) is 1. The fourth-order valence-electron chi connectivity index (χ4n) is 1.99. The van der Waals surface area contributed by atoms with Gasteiger partial charge in [-0.2, -0.15) is 26.3 Å². The molecular weight excluding hydrogens is 427 g/mol. The summed E-state index contributed by atoms with van der Waals surface area (Å²) in [6.07, 6.45) is -10.4. The maximum Gasteiger partial charge on any atom is 0.416 e. The molecule has 0 radical (unpaired) electrons.